The lowest BCUT2D eigenvalue weighted by Crippen LogP contribution is -2.43. The molecule has 1 aliphatic heterocycles. The van der Waals surface area contributed by atoms with Gasteiger partial charge in [0.05, 0.1) is 26.0 Å². The lowest BCUT2D eigenvalue weighted by atomic mass is 10.2. The molecule has 0 saturated carbocycles. The van der Waals surface area contributed by atoms with Crippen LogP contribution in [-0.4, -0.2) is 68.2 Å². The molecule has 1 aromatic rings. The summed E-state index contributed by atoms with van der Waals surface area (Å²) in [5, 5.41) is 7.40. The molecule has 0 atom stereocenters. The number of benzene rings is 1. The van der Waals surface area contributed by atoms with Gasteiger partial charge in [-0.3, -0.25) is 10.2 Å². The number of carbonyl (C=O) groups excluding carboxylic acids is 1. The Labute approximate surface area is 170 Å². The van der Waals surface area contributed by atoms with Gasteiger partial charge in [-0.15, -0.1) is 6.58 Å². The van der Waals surface area contributed by atoms with Crippen molar-refractivity contribution in [2.45, 2.75) is 6.92 Å². The topological polar surface area (TPSA) is 84.4 Å². The van der Waals surface area contributed by atoms with Crippen molar-refractivity contribution in [1.29, 1.82) is 0 Å². The van der Waals surface area contributed by atoms with Crippen LogP contribution in [-0.2, 0) is 9.53 Å². The van der Waals surface area contributed by atoms with E-state index >= 15 is 0 Å². The van der Waals surface area contributed by atoms with Crippen molar-refractivity contribution >= 4 is 29.5 Å². The van der Waals surface area contributed by atoms with Gasteiger partial charge in [-0.2, -0.15) is 5.10 Å². The first-order chi connectivity index (χ1) is 13.6. The Hall–Kier alpha value is -2.65. The van der Waals surface area contributed by atoms with Gasteiger partial charge in [-0.05, 0) is 42.9 Å². The smallest absolute Gasteiger partial charge is 0.260 e. The van der Waals surface area contributed by atoms with E-state index in [1.807, 2.05) is 13.0 Å². The normalized spacial score (nSPS) is 13.8. The maximum absolute atomic E-state index is 12.2. The van der Waals surface area contributed by atoms with E-state index in [2.05, 4.69) is 22.4 Å². The molecular formula is C19H26N4O4S. The van der Waals surface area contributed by atoms with E-state index in [4.69, 9.17) is 26.4 Å². The predicted octanol–water partition coefficient (Wildman–Crippen LogP) is 1.31. The van der Waals surface area contributed by atoms with Crippen LogP contribution in [0.5, 0.6) is 11.5 Å². The van der Waals surface area contributed by atoms with Crippen molar-refractivity contribution in [3.05, 3.63) is 36.4 Å². The zero-order chi connectivity index (χ0) is 20.2. The second-order valence-corrected chi connectivity index (χ2v) is 6.20. The first-order valence-corrected chi connectivity index (χ1v) is 9.47. The molecule has 1 aromatic carbocycles. The van der Waals surface area contributed by atoms with E-state index in [1.54, 1.807) is 29.3 Å². The number of nitrogens with zero attached hydrogens (tertiary/aromatic N) is 2. The molecule has 0 radical (unpaired) electrons. The van der Waals surface area contributed by atoms with Gasteiger partial charge in [-0.1, -0.05) is 6.08 Å². The third-order valence-electron chi connectivity index (χ3n) is 3.77. The third kappa shape index (κ3) is 7.16. The maximum Gasteiger partial charge on any atom is 0.260 e. The first-order valence-electron chi connectivity index (χ1n) is 9.07. The number of hydrogen-bond acceptors (Lipinski definition) is 6. The number of thiocarbonyl (C=S) groups is 1. The fourth-order valence-electron chi connectivity index (χ4n) is 2.41. The lowest BCUT2D eigenvalue weighted by molar-refractivity contribution is -0.137. The van der Waals surface area contributed by atoms with E-state index in [9.17, 15) is 4.79 Å². The second-order valence-electron chi connectivity index (χ2n) is 5.79. The minimum absolute atomic E-state index is 0.0433. The number of ether oxygens (including phenoxy) is 3. The Morgan fingerprint density at radius 3 is 2.86 bits per heavy atom. The molecule has 0 unspecified atom stereocenters. The van der Waals surface area contributed by atoms with Crippen molar-refractivity contribution in [3.8, 4) is 11.5 Å². The number of amides is 1. The van der Waals surface area contributed by atoms with Crippen LogP contribution in [0.1, 0.15) is 12.5 Å². The molecule has 0 bridgehead atoms. The quantitative estimate of drug-likeness (QED) is 0.277. The van der Waals surface area contributed by atoms with E-state index < -0.39 is 0 Å². The highest BCUT2D eigenvalue weighted by Crippen LogP contribution is 2.28. The SMILES string of the molecule is C=CCNC(=S)N/N=C/c1ccc(OCC(=O)N2CCOCC2)c(OCC)c1. The van der Waals surface area contributed by atoms with Crippen LogP contribution in [0.4, 0.5) is 0 Å². The number of nitrogens with one attached hydrogen (secondary N) is 2. The highest BCUT2D eigenvalue weighted by Gasteiger charge is 2.18. The summed E-state index contributed by atoms with van der Waals surface area (Å²) in [5.74, 6) is 0.992. The van der Waals surface area contributed by atoms with Crippen molar-refractivity contribution in [2.24, 2.45) is 5.10 Å². The zero-order valence-electron chi connectivity index (χ0n) is 16.0. The highest BCUT2D eigenvalue weighted by molar-refractivity contribution is 7.80. The highest BCUT2D eigenvalue weighted by atomic mass is 32.1. The van der Waals surface area contributed by atoms with Gasteiger partial charge in [0, 0.05) is 19.6 Å². The molecule has 152 valence electrons. The fourth-order valence-corrected chi connectivity index (χ4v) is 2.54. The van der Waals surface area contributed by atoms with Crippen LogP contribution >= 0.6 is 12.2 Å². The average Bonchev–Trinajstić information content (AvgIpc) is 2.72. The molecule has 2 rings (SSSR count). The Morgan fingerprint density at radius 1 is 1.36 bits per heavy atom. The first kappa shape index (κ1) is 21.6. The minimum atomic E-state index is -0.0684. The molecule has 1 heterocycles. The minimum Gasteiger partial charge on any atom is -0.490 e. The summed E-state index contributed by atoms with van der Waals surface area (Å²) in [5.41, 5.74) is 3.52. The van der Waals surface area contributed by atoms with Crippen LogP contribution in [0.15, 0.2) is 36.0 Å². The van der Waals surface area contributed by atoms with Gasteiger partial charge < -0.3 is 24.4 Å². The summed E-state index contributed by atoms with van der Waals surface area (Å²) < 4.78 is 16.6. The van der Waals surface area contributed by atoms with E-state index in [0.29, 0.717) is 56.1 Å². The molecule has 0 spiro atoms. The Kier molecular flexibility index (Phi) is 9.23. The third-order valence-corrected chi connectivity index (χ3v) is 4.00. The fraction of sp³-hybridized carbons (Fsp3) is 0.421. The van der Waals surface area contributed by atoms with Gasteiger partial charge in [0.2, 0.25) is 0 Å². The molecular weight excluding hydrogens is 380 g/mol. The average molecular weight is 407 g/mol. The Bertz CT molecular complexity index is 705. The lowest BCUT2D eigenvalue weighted by Gasteiger charge is -2.26. The monoisotopic (exact) mass is 406 g/mol. The number of hydrazone groups is 1. The molecule has 1 amide bonds. The summed E-state index contributed by atoms with van der Waals surface area (Å²) in [6.07, 6.45) is 3.32. The van der Waals surface area contributed by atoms with Crippen LogP contribution in [0.2, 0.25) is 0 Å². The van der Waals surface area contributed by atoms with E-state index in [0.717, 1.165) is 5.56 Å². The van der Waals surface area contributed by atoms with Crippen LogP contribution in [0.25, 0.3) is 0 Å². The number of rotatable bonds is 9. The van der Waals surface area contributed by atoms with Gasteiger partial charge in [0.15, 0.2) is 23.2 Å². The van der Waals surface area contributed by atoms with Crippen LogP contribution < -0.4 is 20.2 Å². The largest absolute Gasteiger partial charge is 0.490 e. The Balaban J connectivity index is 1.94. The predicted molar refractivity (Wildman–Crippen MR) is 112 cm³/mol. The number of carbonyl (C=O) groups is 1. The maximum atomic E-state index is 12.2. The standard InChI is InChI=1S/C19H26N4O4S/c1-3-7-20-19(28)22-21-13-15-5-6-16(17(12-15)26-4-2)27-14-18(24)23-8-10-25-11-9-23/h3,5-6,12-13H,1,4,7-11,14H2,2H3,(H2,20,22,28)/b21-13+. The molecule has 0 aromatic heterocycles. The van der Waals surface area contributed by atoms with E-state index in [-0.39, 0.29) is 12.5 Å². The van der Waals surface area contributed by atoms with Crippen molar-refractivity contribution in [1.82, 2.24) is 15.6 Å². The summed E-state index contributed by atoms with van der Waals surface area (Å²) in [4.78, 5) is 14.0. The number of morpholine rings is 1. The van der Waals surface area contributed by atoms with Gasteiger partial charge >= 0.3 is 0 Å². The molecule has 9 heteroatoms. The summed E-state index contributed by atoms with van der Waals surface area (Å²) in [6, 6.07) is 5.37. The van der Waals surface area contributed by atoms with Crippen molar-refractivity contribution < 1.29 is 19.0 Å². The Morgan fingerprint density at radius 2 is 2.14 bits per heavy atom. The zero-order valence-corrected chi connectivity index (χ0v) is 16.8. The molecule has 8 nitrogen and oxygen atoms in total. The van der Waals surface area contributed by atoms with Crippen LogP contribution in [0, 0.1) is 0 Å². The summed E-state index contributed by atoms with van der Waals surface area (Å²) in [7, 11) is 0. The van der Waals surface area contributed by atoms with Gasteiger partial charge in [0.25, 0.3) is 5.91 Å². The molecule has 1 aliphatic rings. The van der Waals surface area contributed by atoms with E-state index in [1.165, 1.54) is 0 Å². The molecule has 28 heavy (non-hydrogen) atoms. The second kappa shape index (κ2) is 11.9. The summed E-state index contributed by atoms with van der Waals surface area (Å²) in [6.45, 7) is 8.78. The molecule has 1 fully saturated rings. The van der Waals surface area contributed by atoms with Gasteiger partial charge in [-0.25, -0.2) is 0 Å². The van der Waals surface area contributed by atoms with Crippen molar-refractivity contribution in [2.75, 3.05) is 46.1 Å². The van der Waals surface area contributed by atoms with Gasteiger partial charge in [0.1, 0.15) is 0 Å². The molecule has 1 saturated heterocycles. The summed E-state index contributed by atoms with van der Waals surface area (Å²) >= 11 is 5.06. The number of hydrogen-bond donors (Lipinski definition) is 2. The molecule has 2 N–H and O–H groups in total. The molecule has 0 aliphatic carbocycles. The van der Waals surface area contributed by atoms with Crippen molar-refractivity contribution in [3.63, 3.8) is 0 Å². The van der Waals surface area contributed by atoms with Crippen LogP contribution in [0.3, 0.4) is 0 Å².